The van der Waals surface area contributed by atoms with Crippen molar-refractivity contribution in [3.63, 3.8) is 0 Å². The average Bonchev–Trinajstić information content (AvgIpc) is 3.37. The van der Waals surface area contributed by atoms with Gasteiger partial charge in [0.15, 0.2) is 6.10 Å². The molecule has 0 saturated carbocycles. The van der Waals surface area contributed by atoms with E-state index in [1.165, 1.54) is 250 Å². The molecule has 71 heavy (non-hydrogen) atoms. The Kier molecular flexibility index (Phi) is 58.6. The second kappa shape index (κ2) is 60.4. The lowest BCUT2D eigenvalue weighted by atomic mass is 10.0. The van der Waals surface area contributed by atoms with Crippen LogP contribution in [0, 0.1) is 0 Å². The molecule has 0 radical (unpaired) electrons. The van der Waals surface area contributed by atoms with E-state index in [1.807, 2.05) is 0 Å². The van der Waals surface area contributed by atoms with Crippen LogP contribution in [0.5, 0.6) is 0 Å². The minimum absolute atomic E-state index is 0.0661. The number of hydrogen-bond donors (Lipinski definition) is 0. The molecular weight excluding hydrogens is 877 g/mol. The average molecular weight is 1000 g/mol. The van der Waals surface area contributed by atoms with E-state index in [0.717, 1.165) is 64.2 Å². The van der Waals surface area contributed by atoms with Crippen molar-refractivity contribution in [1.82, 2.24) is 0 Å². The highest BCUT2D eigenvalue weighted by Gasteiger charge is 2.19. The number of ether oxygens (including phenoxy) is 3. The van der Waals surface area contributed by atoms with Crippen LogP contribution in [0.15, 0.2) is 24.3 Å². The lowest BCUT2D eigenvalue weighted by molar-refractivity contribution is -0.167. The van der Waals surface area contributed by atoms with Crippen molar-refractivity contribution in [2.45, 2.75) is 361 Å². The van der Waals surface area contributed by atoms with Crippen LogP contribution in [0.3, 0.4) is 0 Å². The van der Waals surface area contributed by atoms with Crippen LogP contribution < -0.4 is 0 Å². The normalized spacial score (nSPS) is 12.1. The number of esters is 3. The lowest BCUT2D eigenvalue weighted by Crippen LogP contribution is -2.30. The molecule has 0 aliphatic carbocycles. The Morgan fingerprint density at radius 2 is 0.507 bits per heavy atom. The van der Waals surface area contributed by atoms with Gasteiger partial charge < -0.3 is 14.2 Å². The van der Waals surface area contributed by atoms with Gasteiger partial charge in [0.05, 0.1) is 0 Å². The summed E-state index contributed by atoms with van der Waals surface area (Å²) in [5.41, 5.74) is 0. The van der Waals surface area contributed by atoms with Crippen LogP contribution in [0.25, 0.3) is 0 Å². The molecule has 0 aromatic rings. The van der Waals surface area contributed by atoms with Crippen molar-refractivity contribution in [3.8, 4) is 0 Å². The largest absolute Gasteiger partial charge is 0.462 e. The molecule has 1 atom stereocenters. The third-order valence-corrected chi connectivity index (χ3v) is 14.5. The molecule has 0 aromatic carbocycles. The maximum absolute atomic E-state index is 12.9. The van der Waals surface area contributed by atoms with Crippen molar-refractivity contribution in [3.05, 3.63) is 24.3 Å². The van der Waals surface area contributed by atoms with Crippen LogP contribution in [-0.2, 0) is 28.6 Å². The van der Waals surface area contributed by atoms with E-state index < -0.39 is 6.10 Å². The number of carbonyl (C=O) groups is 3. The first-order valence-corrected chi connectivity index (χ1v) is 31.8. The standard InChI is InChI=1S/C65H122O6/c1-4-7-10-13-16-19-22-25-28-30-32-34-37-40-43-46-49-52-55-58-64(67)70-61-62(60-69-63(66)57-54-51-48-45-42-39-36-27-24-21-18-15-12-9-6-3)71-65(68)59-56-53-50-47-44-41-38-35-33-31-29-26-23-20-17-14-11-8-5-2/h16,19,25,28,62H,4-15,17-18,20-24,26-27,29-61H2,1-3H3/b19-16-,28-25-. The molecule has 6 heteroatoms. The van der Waals surface area contributed by atoms with E-state index in [-0.39, 0.29) is 31.1 Å². The molecule has 1 unspecified atom stereocenters. The quantitative estimate of drug-likeness (QED) is 0.0261. The Morgan fingerprint density at radius 1 is 0.282 bits per heavy atom. The van der Waals surface area contributed by atoms with Gasteiger partial charge in [-0.2, -0.15) is 0 Å². The topological polar surface area (TPSA) is 78.9 Å². The number of rotatable bonds is 59. The van der Waals surface area contributed by atoms with Crippen LogP contribution in [0.4, 0.5) is 0 Å². The first-order valence-electron chi connectivity index (χ1n) is 31.8. The minimum atomic E-state index is -0.768. The van der Waals surface area contributed by atoms with Gasteiger partial charge in [0.25, 0.3) is 0 Å². The fraction of sp³-hybridized carbons (Fsp3) is 0.892. The molecule has 0 amide bonds. The fourth-order valence-corrected chi connectivity index (χ4v) is 9.65. The van der Waals surface area contributed by atoms with E-state index in [1.54, 1.807) is 0 Å². The smallest absolute Gasteiger partial charge is 0.306 e. The number of hydrogen-bond acceptors (Lipinski definition) is 6. The molecule has 0 fully saturated rings. The number of unbranched alkanes of at least 4 members (excludes halogenated alkanes) is 44. The van der Waals surface area contributed by atoms with Crippen molar-refractivity contribution >= 4 is 17.9 Å². The summed E-state index contributed by atoms with van der Waals surface area (Å²) >= 11 is 0. The second-order valence-corrected chi connectivity index (χ2v) is 21.7. The van der Waals surface area contributed by atoms with Crippen LogP contribution in [-0.4, -0.2) is 37.2 Å². The summed E-state index contributed by atoms with van der Waals surface area (Å²) < 4.78 is 17.0. The highest BCUT2D eigenvalue weighted by atomic mass is 16.6. The summed E-state index contributed by atoms with van der Waals surface area (Å²) in [5, 5.41) is 0. The van der Waals surface area contributed by atoms with Gasteiger partial charge >= 0.3 is 17.9 Å². The Hall–Kier alpha value is -2.11. The Labute approximate surface area is 443 Å². The van der Waals surface area contributed by atoms with Crippen molar-refractivity contribution in [1.29, 1.82) is 0 Å². The van der Waals surface area contributed by atoms with Gasteiger partial charge in [0.1, 0.15) is 13.2 Å². The van der Waals surface area contributed by atoms with E-state index in [2.05, 4.69) is 45.1 Å². The zero-order chi connectivity index (χ0) is 51.4. The van der Waals surface area contributed by atoms with Crippen LogP contribution >= 0.6 is 0 Å². The SMILES string of the molecule is CCCCC/C=C\C/C=C\CCCCCCCCCCCC(=O)OCC(COC(=O)CCCCCCCCCCCCCCCCC)OC(=O)CCCCCCCCCCCCCCCCCCCCC. The van der Waals surface area contributed by atoms with Gasteiger partial charge in [-0.05, 0) is 51.4 Å². The van der Waals surface area contributed by atoms with Gasteiger partial charge in [0.2, 0.25) is 0 Å². The van der Waals surface area contributed by atoms with Crippen LogP contribution in [0.1, 0.15) is 355 Å². The molecule has 6 nitrogen and oxygen atoms in total. The zero-order valence-corrected chi connectivity index (χ0v) is 48.0. The predicted molar refractivity (Wildman–Crippen MR) is 307 cm³/mol. The predicted octanol–water partition coefficient (Wildman–Crippen LogP) is 21.4. The van der Waals surface area contributed by atoms with Crippen LogP contribution in [0.2, 0.25) is 0 Å². The summed E-state index contributed by atoms with van der Waals surface area (Å²) in [7, 11) is 0. The molecule has 0 bridgehead atoms. The second-order valence-electron chi connectivity index (χ2n) is 21.7. The van der Waals surface area contributed by atoms with Gasteiger partial charge in [-0.3, -0.25) is 14.4 Å². The van der Waals surface area contributed by atoms with Gasteiger partial charge in [0, 0.05) is 19.3 Å². The highest BCUT2D eigenvalue weighted by Crippen LogP contribution is 2.18. The van der Waals surface area contributed by atoms with Gasteiger partial charge in [-0.1, -0.05) is 308 Å². The zero-order valence-electron chi connectivity index (χ0n) is 48.0. The molecule has 0 N–H and O–H groups in total. The van der Waals surface area contributed by atoms with E-state index in [4.69, 9.17) is 14.2 Å². The third kappa shape index (κ3) is 58.7. The molecule has 0 rings (SSSR count). The van der Waals surface area contributed by atoms with Gasteiger partial charge in [-0.25, -0.2) is 0 Å². The fourth-order valence-electron chi connectivity index (χ4n) is 9.65. The first-order chi connectivity index (χ1) is 35.0. The van der Waals surface area contributed by atoms with E-state index >= 15 is 0 Å². The Morgan fingerprint density at radius 3 is 0.803 bits per heavy atom. The molecular formula is C65H122O6. The van der Waals surface area contributed by atoms with E-state index in [9.17, 15) is 14.4 Å². The third-order valence-electron chi connectivity index (χ3n) is 14.5. The van der Waals surface area contributed by atoms with E-state index in [0.29, 0.717) is 19.3 Å². The summed E-state index contributed by atoms with van der Waals surface area (Å²) in [6.07, 6.45) is 71.7. The Balaban J connectivity index is 4.31. The lowest BCUT2D eigenvalue weighted by Gasteiger charge is -2.18. The maximum atomic E-state index is 12.9. The molecule has 0 saturated heterocycles. The summed E-state index contributed by atoms with van der Waals surface area (Å²) in [6.45, 7) is 6.68. The highest BCUT2D eigenvalue weighted by molar-refractivity contribution is 5.71. The minimum Gasteiger partial charge on any atom is -0.462 e. The molecule has 418 valence electrons. The Bertz CT molecular complexity index is 1150. The van der Waals surface area contributed by atoms with Crippen molar-refractivity contribution < 1.29 is 28.6 Å². The molecule has 0 aromatic heterocycles. The monoisotopic (exact) mass is 999 g/mol. The number of allylic oxidation sites excluding steroid dienone is 4. The molecule has 0 aliphatic heterocycles. The van der Waals surface area contributed by atoms with Crippen molar-refractivity contribution in [2.24, 2.45) is 0 Å². The maximum Gasteiger partial charge on any atom is 0.306 e. The number of carbonyl (C=O) groups excluding carboxylic acids is 3. The van der Waals surface area contributed by atoms with Gasteiger partial charge in [-0.15, -0.1) is 0 Å². The summed E-state index contributed by atoms with van der Waals surface area (Å²) in [6, 6.07) is 0. The first kappa shape index (κ1) is 68.9. The summed E-state index contributed by atoms with van der Waals surface area (Å²) in [4.78, 5) is 38.3. The van der Waals surface area contributed by atoms with Crippen molar-refractivity contribution in [2.75, 3.05) is 13.2 Å². The molecule has 0 heterocycles. The molecule has 0 spiro atoms. The summed E-state index contributed by atoms with van der Waals surface area (Å²) in [5.74, 6) is -0.842. The molecule has 0 aliphatic rings.